The van der Waals surface area contributed by atoms with Crippen LogP contribution in [0.1, 0.15) is 48.5 Å². The van der Waals surface area contributed by atoms with Crippen LogP contribution in [0, 0.1) is 12.8 Å². The van der Waals surface area contributed by atoms with Crippen molar-refractivity contribution in [1.29, 1.82) is 0 Å². The number of carbonyl (C=O) groups is 1. The molecule has 1 N–H and O–H groups in total. The molecule has 1 amide bonds. The maximum atomic E-state index is 12.7. The number of aryl methyl sites for hydroxylation is 1. The molecular formula is C19H23NO. The molecule has 0 heterocycles. The van der Waals surface area contributed by atoms with Gasteiger partial charge in [0, 0.05) is 11.6 Å². The Morgan fingerprint density at radius 2 is 1.90 bits per heavy atom. The van der Waals surface area contributed by atoms with Crippen LogP contribution in [0.3, 0.4) is 0 Å². The highest BCUT2D eigenvalue weighted by atomic mass is 16.1. The molecule has 1 saturated carbocycles. The lowest BCUT2D eigenvalue weighted by Crippen LogP contribution is -2.41. The van der Waals surface area contributed by atoms with E-state index in [0.29, 0.717) is 12.0 Å². The van der Waals surface area contributed by atoms with Crippen LogP contribution in [0.25, 0.3) is 10.8 Å². The van der Waals surface area contributed by atoms with Gasteiger partial charge in [-0.1, -0.05) is 50.1 Å². The second kappa shape index (κ2) is 5.88. The molecule has 0 saturated heterocycles. The van der Waals surface area contributed by atoms with Crippen LogP contribution < -0.4 is 5.32 Å². The van der Waals surface area contributed by atoms with Crippen molar-refractivity contribution in [3.05, 3.63) is 47.5 Å². The number of hydrogen-bond donors (Lipinski definition) is 1. The van der Waals surface area contributed by atoms with E-state index >= 15 is 0 Å². The van der Waals surface area contributed by atoms with Crippen molar-refractivity contribution in [2.75, 3.05) is 0 Å². The largest absolute Gasteiger partial charge is 0.349 e. The summed E-state index contributed by atoms with van der Waals surface area (Å²) in [6.45, 7) is 4.30. The number of nitrogens with one attached hydrogen (secondary N) is 1. The van der Waals surface area contributed by atoms with Crippen LogP contribution in [0.5, 0.6) is 0 Å². The van der Waals surface area contributed by atoms with Gasteiger partial charge in [0.05, 0.1) is 0 Å². The van der Waals surface area contributed by atoms with E-state index in [4.69, 9.17) is 0 Å². The summed E-state index contributed by atoms with van der Waals surface area (Å²) in [6.07, 6.45) is 4.85. The van der Waals surface area contributed by atoms with Crippen LogP contribution in [-0.2, 0) is 0 Å². The van der Waals surface area contributed by atoms with E-state index in [1.165, 1.54) is 19.3 Å². The summed E-state index contributed by atoms with van der Waals surface area (Å²) in [7, 11) is 0. The van der Waals surface area contributed by atoms with Gasteiger partial charge in [0.25, 0.3) is 5.91 Å². The topological polar surface area (TPSA) is 29.1 Å². The summed E-state index contributed by atoms with van der Waals surface area (Å²) in [5, 5.41) is 5.45. The number of fused-ring (bicyclic) bond motifs is 1. The van der Waals surface area contributed by atoms with Crippen molar-refractivity contribution >= 4 is 16.7 Å². The second-order valence-corrected chi connectivity index (χ2v) is 6.38. The lowest BCUT2D eigenvalue weighted by Gasteiger charge is -2.29. The molecule has 0 radical (unpaired) electrons. The van der Waals surface area contributed by atoms with Gasteiger partial charge in [0.2, 0.25) is 0 Å². The average Bonchev–Trinajstić information content (AvgIpc) is 2.48. The first kappa shape index (κ1) is 14.1. The summed E-state index contributed by atoms with van der Waals surface area (Å²) in [6, 6.07) is 12.6. The molecule has 110 valence electrons. The Morgan fingerprint density at radius 3 is 2.71 bits per heavy atom. The lowest BCUT2D eigenvalue weighted by atomic mass is 9.85. The van der Waals surface area contributed by atoms with E-state index in [1.807, 2.05) is 31.2 Å². The Kier molecular flexibility index (Phi) is 3.96. The Labute approximate surface area is 126 Å². The minimum Gasteiger partial charge on any atom is -0.349 e. The van der Waals surface area contributed by atoms with Crippen molar-refractivity contribution in [1.82, 2.24) is 5.32 Å². The van der Waals surface area contributed by atoms with Crippen molar-refractivity contribution in [2.45, 2.75) is 45.6 Å². The summed E-state index contributed by atoms with van der Waals surface area (Å²) < 4.78 is 0. The van der Waals surface area contributed by atoms with E-state index in [9.17, 15) is 4.79 Å². The molecule has 0 bridgehead atoms. The quantitative estimate of drug-likeness (QED) is 0.865. The van der Waals surface area contributed by atoms with Crippen LogP contribution >= 0.6 is 0 Å². The first-order chi connectivity index (χ1) is 10.1. The molecule has 0 aromatic heterocycles. The Morgan fingerprint density at radius 1 is 1.14 bits per heavy atom. The zero-order chi connectivity index (χ0) is 14.8. The third kappa shape index (κ3) is 2.94. The fraction of sp³-hybridized carbons (Fsp3) is 0.421. The van der Waals surface area contributed by atoms with E-state index in [0.717, 1.165) is 28.3 Å². The molecule has 1 fully saturated rings. The molecule has 1 aliphatic rings. The van der Waals surface area contributed by atoms with Gasteiger partial charge in [-0.25, -0.2) is 0 Å². The first-order valence-corrected chi connectivity index (χ1v) is 7.95. The van der Waals surface area contributed by atoms with Gasteiger partial charge in [-0.15, -0.1) is 0 Å². The molecule has 2 unspecified atom stereocenters. The summed E-state index contributed by atoms with van der Waals surface area (Å²) in [4.78, 5) is 12.7. The lowest BCUT2D eigenvalue weighted by molar-refractivity contribution is 0.0912. The maximum Gasteiger partial charge on any atom is 0.252 e. The number of carbonyl (C=O) groups excluding carboxylic acids is 1. The molecule has 2 aromatic carbocycles. The highest BCUT2D eigenvalue weighted by Gasteiger charge is 2.23. The molecule has 1 aliphatic carbocycles. The van der Waals surface area contributed by atoms with Gasteiger partial charge in [-0.3, -0.25) is 4.79 Å². The minimum atomic E-state index is 0.0775. The summed E-state index contributed by atoms with van der Waals surface area (Å²) in [5.41, 5.74) is 1.94. The summed E-state index contributed by atoms with van der Waals surface area (Å²) in [5.74, 6) is 0.660. The molecule has 0 aliphatic heterocycles. The van der Waals surface area contributed by atoms with E-state index in [1.54, 1.807) is 0 Å². The minimum absolute atomic E-state index is 0.0775. The third-order valence-electron chi connectivity index (χ3n) is 4.68. The molecule has 2 atom stereocenters. The van der Waals surface area contributed by atoms with Crippen LogP contribution in [0.2, 0.25) is 0 Å². The van der Waals surface area contributed by atoms with Crippen molar-refractivity contribution in [2.24, 2.45) is 5.92 Å². The van der Waals surface area contributed by atoms with Crippen LogP contribution in [0.4, 0.5) is 0 Å². The molecule has 3 rings (SSSR count). The first-order valence-electron chi connectivity index (χ1n) is 7.95. The van der Waals surface area contributed by atoms with E-state index in [-0.39, 0.29) is 5.91 Å². The standard InChI is InChI=1S/C19H23NO/c1-13-11-15-8-4-5-9-16(15)17(12-13)19(21)20-18-10-6-3-7-14(18)2/h4-5,8-9,11-12,14,18H,3,6-7,10H2,1-2H3,(H,20,21). The van der Waals surface area contributed by atoms with Gasteiger partial charge >= 0.3 is 0 Å². The van der Waals surface area contributed by atoms with Crippen LogP contribution in [0.15, 0.2) is 36.4 Å². The normalized spacial score (nSPS) is 22.2. The monoisotopic (exact) mass is 281 g/mol. The fourth-order valence-corrected chi connectivity index (χ4v) is 3.43. The Hall–Kier alpha value is -1.83. The second-order valence-electron chi connectivity index (χ2n) is 6.38. The summed E-state index contributed by atoms with van der Waals surface area (Å²) >= 11 is 0. The number of rotatable bonds is 2. The third-order valence-corrected chi connectivity index (χ3v) is 4.68. The molecule has 2 aromatic rings. The van der Waals surface area contributed by atoms with Crippen molar-refractivity contribution in [3.8, 4) is 0 Å². The molecule has 2 nitrogen and oxygen atoms in total. The predicted molar refractivity (Wildman–Crippen MR) is 87.6 cm³/mol. The van der Waals surface area contributed by atoms with Gasteiger partial charge in [-0.05, 0) is 48.1 Å². The van der Waals surface area contributed by atoms with Gasteiger partial charge in [-0.2, -0.15) is 0 Å². The van der Waals surface area contributed by atoms with E-state index in [2.05, 4.69) is 24.4 Å². The number of amides is 1. The zero-order valence-corrected chi connectivity index (χ0v) is 12.9. The average molecular weight is 281 g/mol. The maximum absolute atomic E-state index is 12.7. The van der Waals surface area contributed by atoms with Crippen molar-refractivity contribution in [3.63, 3.8) is 0 Å². The Balaban J connectivity index is 1.90. The van der Waals surface area contributed by atoms with Gasteiger partial charge in [0.15, 0.2) is 0 Å². The molecule has 0 spiro atoms. The highest BCUT2D eigenvalue weighted by molar-refractivity contribution is 6.07. The fourth-order valence-electron chi connectivity index (χ4n) is 3.43. The van der Waals surface area contributed by atoms with Gasteiger partial charge < -0.3 is 5.32 Å². The number of hydrogen-bond acceptors (Lipinski definition) is 1. The van der Waals surface area contributed by atoms with Gasteiger partial charge in [0.1, 0.15) is 0 Å². The van der Waals surface area contributed by atoms with Crippen molar-refractivity contribution < 1.29 is 4.79 Å². The predicted octanol–water partition coefficient (Wildman–Crippen LogP) is 4.46. The Bertz CT molecular complexity index is 662. The molecular weight excluding hydrogens is 258 g/mol. The zero-order valence-electron chi connectivity index (χ0n) is 12.9. The SMILES string of the molecule is Cc1cc(C(=O)NC2CCCCC2C)c2ccccc2c1. The highest BCUT2D eigenvalue weighted by Crippen LogP contribution is 2.25. The number of benzene rings is 2. The van der Waals surface area contributed by atoms with Crippen LogP contribution in [-0.4, -0.2) is 11.9 Å². The molecule has 21 heavy (non-hydrogen) atoms. The smallest absolute Gasteiger partial charge is 0.252 e. The van der Waals surface area contributed by atoms with E-state index < -0.39 is 0 Å². The molecule has 2 heteroatoms.